The van der Waals surface area contributed by atoms with Crippen molar-refractivity contribution >= 4 is 0 Å². The van der Waals surface area contributed by atoms with Crippen LogP contribution >= 0.6 is 0 Å². The highest BCUT2D eigenvalue weighted by atomic mass is 19.2. The molecular formula is C12H17F2NO. The molecule has 1 aromatic carbocycles. The summed E-state index contributed by atoms with van der Waals surface area (Å²) < 4.78 is 30.6. The van der Waals surface area contributed by atoms with Gasteiger partial charge in [0, 0.05) is 19.7 Å². The van der Waals surface area contributed by atoms with Gasteiger partial charge in [-0.1, -0.05) is 13.0 Å². The summed E-state index contributed by atoms with van der Waals surface area (Å²) in [6.07, 6.45) is 0.928. The molecule has 0 aliphatic carbocycles. The monoisotopic (exact) mass is 229 g/mol. The first-order valence-corrected chi connectivity index (χ1v) is 5.33. The van der Waals surface area contributed by atoms with Crippen molar-refractivity contribution in [2.45, 2.75) is 25.9 Å². The van der Waals surface area contributed by atoms with Gasteiger partial charge in [0.2, 0.25) is 0 Å². The topological polar surface area (TPSA) is 21.3 Å². The molecule has 1 N–H and O–H groups in total. The van der Waals surface area contributed by atoms with E-state index in [1.807, 2.05) is 6.92 Å². The lowest BCUT2D eigenvalue weighted by atomic mass is 10.2. The summed E-state index contributed by atoms with van der Waals surface area (Å²) in [5, 5.41) is 3.22. The molecule has 0 heterocycles. The average molecular weight is 229 g/mol. The fourth-order valence-corrected chi connectivity index (χ4v) is 1.43. The molecule has 0 fully saturated rings. The summed E-state index contributed by atoms with van der Waals surface area (Å²) in [6.45, 7) is 3.17. The minimum Gasteiger partial charge on any atom is -0.383 e. The van der Waals surface area contributed by atoms with E-state index in [1.165, 1.54) is 6.07 Å². The lowest BCUT2D eigenvalue weighted by Gasteiger charge is -2.15. The van der Waals surface area contributed by atoms with Crippen molar-refractivity contribution in [2.75, 3.05) is 13.7 Å². The predicted molar refractivity (Wildman–Crippen MR) is 59.2 cm³/mol. The van der Waals surface area contributed by atoms with E-state index in [4.69, 9.17) is 4.74 Å². The van der Waals surface area contributed by atoms with Crippen LogP contribution in [0, 0.1) is 11.6 Å². The van der Waals surface area contributed by atoms with Crippen molar-refractivity contribution in [3.8, 4) is 0 Å². The van der Waals surface area contributed by atoms with Gasteiger partial charge in [-0.05, 0) is 24.1 Å². The lowest BCUT2D eigenvalue weighted by Crippen LogP contribution is -2.32. The Morgan fingerprint density at radius 3 is 2.62 bits per heavy atom. The number of rotatable bonds is 6. The van der Waals surface area contributed by atoms with Gasteiger partial charge in [0.25, 0.3) is 0 Å². The quantitative estimate of drug-likeness (QED) is 0.809. The number of hydrogen-bond acceptors (Lipinski definition) is 2. The maximum absolute atomic E-state index is 12.9. The molecule has 0 bridgehead atoms. The number of methoxy groups -OCH3 is 1. The van der Waals surface area contributed by atoms with Crippen LogP contribution in [-0.2, 0) is 11.3 Å². The van der Waals surface area contributed by atoms with Crippen LogP contribution < -0.4 is 5.32 Å². The molecule has 0 saturated heterocycles. The third kappa shape index (κ3) is 3.87. The van der Waals surface area contributed by atoms with Crippen molar-refractivity contribution in [1.82, 2.24) is 5.32 Å². The van der Waals surface area contributed by atoms with Crippen molar-refractivity contribution in [3.63, 3.8) is 0 Å². The summed E-state index contributed by atoms with van der Waals surface area (Å²) in [5.74, 6) is -1.62. The highest BCUT2D eigenvalue weighted by Crippen LogP contribution is 2.08. The Kier molecular flexibility index (Phi) is 5.35. The first kappa shape index (κ1) is 13.1. The molecule has 16 heavy (non-hydrogen) atoms. The van der Waals surface area contributed by atoms with E-state index in [9.17, 15) is 8.78 Å². The molecule has 0 radical (unpaired) electrons. The standard InChI is InChI=1S/C12H17F2NO/c1-3-10(8-16-2)15-7-9-4-5-11(13)12(14)6-9/h4-6,10,15H,3,7-8H2,1-2H3. The number of ether oxygens (including phenoxy) is 1. The van der Waals surface area contributed by atoms with Gasteiger partial charge in [-0.3, -0.25) is 0 Å². The Balaban J connectivity index is 2.50. The fraction of sp³-hybridized carbons (Fsp3) is 0.500. The van der Waals surface area contributed by atoms with Gasteiger partial charge in [0.05, 0.1) is 6.61 Å². The Hall–Kier alpha value is -1.00. The molecule has 1 aromatic rings. The molecule has 0 aromatic heterocycles. The number of hydrogen-bond donors (Lipinski definition) is 1. The molecule has 0 saturated carbocycles. The molecule has 0 amide bonds. The van der Waals surface area contributed by atoms with Crippen LogP contribution in [0.15, 0.2) is 18.2 Å². The smallest absolute Gasteiger partial charge is 0.159 e. The van der Waals surface area contributed by atoms with Gasteiger partial charge < -0.3 is 10.1 Å². The van der Waals surface area contributed by atoms with Crippen molar-refractivity contribution < 1.29 is 13.5 Å². The molecule has 0 aliphatic heterocycles. The summed E-state index contributed by atoms with van der Waals surface area (Å²) in [7, 11) is 1.64. The van der Waals surface area contributed by atoms with E-state index in [0.29, 0.717) is 13.2 Å². The van der Waals surface area contributed by atoms with Crippen LogP contribution in [0.1, 0.15) is 18.9 Å². The maximum Gasteiger partial charge on any atom is 0.159 e. The zero-order chi connectivity index (χ0) is 12.0. The van der Waals surface area contributed by atoms with Crippen LogP contribution in [0.2, 0.25) is 0 Å². The summed E-state index contributed by atoms with van der Waals surface area (Å²) in [4.78, 5) is 0. The van der Waals surface area contributed by atoms with Crippen LogP contribution in [-0.4, -0.2) is 19.8 Å². The molecule has 90 valence electrons. The van der Waals surface area contributed by atoms with Crippen LogP contribution in [0.25, 0.3) is 0 Å². The third-order valence-corrected chi connectivity index (χ3v) is 2.44. The van der Waals surface area contributed by atoms with Crippen LogP contribution in [0.3, 0.4) is 0 Å². The largest absolute Gasteiger partial charge is 0.383 e. The highest BCUT2D eigenvalue weighted by molar-refractivity contribution is 5.17. The van der Waals surface area contributed by atoms with Crippen molar-refractivity contribution in [2.24, 2.45) is 0 Å². The van der Waals surface area contributed by atoms with E-state index in [-0.39, 0.29) is 6.04 Å². The summed E-state index contributed by atoms with van der Waals surface area (Å²) >= 11 is 0. The van der Waals surface area contributed by atoms with Gasteiger partial charge in [0.15, 0.2) is 11.6 Å². The molecule has 0 spiro atoms. The van der Waals surface area contributed by atoms with Crippen LogP contribution in [0.4, 0.5) is 8.78 Å². The van der Waals surface area contributed by atoms with Gasteiger partial charge in [0.1, 0.15) is 0 Å². The zero-order valence-corrected chi connectivity index (χ0v) is 9.59. The third-order valence-electron chi connectivity index (χ3n) is 2.44. The summed E-state index contributed by atoms with van der Waals surface area (Å²) in [5.41, 5.74) is 0.730. The molecule has 0 aliphatic rings. The second-order valence-electron chi connectivity index (χ2n) is 3.69. The Morgan fingerprint density at radius 1 is 1.31 bits per heavy atom. The molecule has 4 heteroatoms. The molecule has 2 nitrogen and oxygen atoms in total. The predicted octanol–water partition coefficient (Wildman–Crippen LogP) is 2.48. The minimum absolute atomic E-state index is 0.234. The zero-order valence-electron chi connectivity index (χ0n) is 9.59. The molecule has 1 rings (SSSR count). The van der Waals surface area contributed by atoms with Gasteiger partial charge >= 0.3 is 0 Å². The van der Waals surface area contributed by atoms with Gasteiger partial charge in [-0.15, -0.1) is 0 Å². The average Bonchev–Trinajstić information content (AvgIpc) is 2.28. The lowest BCUT2D eigenvalue weighted by molar-refractivity contribution is 0.164. The fourth-order valence-electron chi connectivity index (χ4n) is 1.43. The van der Waals surface area contributed by atoms with E-state index in [2.05, 4.69) is 5.32 Å². The Morgan fingerprint density at radius 2 is 2.06 bits per heavy atom. The number of nitrogens with one attached hydrogen (secondary N) is 1. The summed E-state index contributed by atoms with van der Waals surface area (Å²) in [6, 6.07) is 4.16. The molecule has 1 atom stereocenters. The Bertz CT molecular complexity index is 331. The first-order valence-electron chi connectivity index (χ1n) is 5.33. The van der Waals surface area contributed by atoms with Gasteiger partial charge in [-0.25, -0.2) is 8.78 Å². The van der Waals surface area contributed by atoms with E-state index < -0.39 is 11.6 Å². The number of benzene rings is 1. The second kappa shape index (κ2) is 6.55. The number of halogens is 2. The highest BCUT2D eigenvalue weighted by Gasteiger charge is 2.06. The molecular weight excluding hydrogens is 212 g/mol. The van der Waals surface area contributed by atoms with Crippen molar-refractivity contribution in [1.29, 1.82) is 0 Å². The first-order chi connectivity index (χ1) is 7.67. The van der Waals surface area contributed by atoms with Gasteiger partial charge in [-0.2, -0.15) is 0 Å². The maximum atomic E-state index is 12.9. The van der Waals surface area contributed by atoms with E-state index >= 15 is 0 Å². The normalized spacial score (nSPS) is 12.8. The van der Waals surface area contributed by atoms with E-state index in [1.54, 1.807) is 13.2 Å². The minimum atomic E-state index is -0.812. The SMILES string of the molecule is CCC(COC)NCc1ccc(F)c(F)c1. The molecule has 1 unspecified atom stereocenters. The second-order valence-corrected chi connectivity index (χ2v) is 3.69. The van der Waals surface area contributed by atoms with Crippen molar-refractivity contribution in [3.05, 3.63) is 35.4 Å². The van der Waals surface area contributed by atoms with Crippen LogP contribution in [0.5, 0.6) is 0 Å². The van der Waals surface area contributed by atoms with E-state index in [0.717, 1.165) is 18.1 Å². The Labute approximate surface area is 94.6 Å².